The summed E-state index contributed by atoms with van der Waals surface area (Å²) in [5.74, 6) is 1.68. The average Bonchev–Trinajstić information content (AvgIpc) is 2.95. The van der Waals surface area contributed by atoms with E-state index in [1.807, 2.05) is 6.07 Å². The van der Waals surface area contributed by atoms with Crippen molar-refractivity contribution in [3.05, 3.63) is 18.2 Å². The van der Waals surface area contributed by atoms with Gasteiger partial charge >= 0.3 is 0 Å². The first kappa shape index (κ1) is 15.1. The predicted octanol–water partition coefficient (Wildman–Crippen LogP) is 1.08. The molecule has 0 radical (unpaired) electrons. The lowest BCUT2D eigenvalue weighted by Gasteiger charge is -2.39. The van der Waals surface area contributed by atoms with E-state index in [9.17, 15) is 5.11 Å². The van der Waals surface area contributed by atoms with E-state index in [1.165, 1.54) is 5.69 Å². The van der Waals surface area contributed by atoms with E-state index in [0.29, 0.717) is 19.4 Å². The minimum absolute atomic E-state index is 0.320. The molecule has 0 unspecified atom stereocenters. The normalized spacial score (nSPS) is 26.3. The quantitative estimate of drug-likeness (QED) is 0.880. The Morgan fingerprint density at radius 2 is 1.87 bits per heavy atom. The molecule has 0 spiro atoms. The Hall–Kier alpha value is -1.50. The Balaban J connectivity index is 1.37. The second-order valence-corrected chi connectivity index (χ2v) is 6.48. The summed E-state index contributed by atoms with van der Waals surface area (Å²) < 4.78 is 16.3. The molecule has 126 valence electrons. The number of benzene rings is 1. The van der Waals surface area contributed by atoms with Crippen LogP contribution in [0.2, 0.25) is 0 Å². The van der Waals surface area contributed by atoms with Crippen molar-refractivity contribution in [2.75, 3.05) is 51.1 Å². The highest BCUT2D eigenvalue weighted by Gasteiger charge is 2.28. The highest BCUT2D eigenvalue weighted by molar-refractivity contribution is 5.57. The van der Waals surface area contributed by atoms with Gasteiger partial charge in [0.1, 0.15) is 0 Å². The van der Waals surface area contributed by atoms with Crippen molar-refractivity contribution in [3.8, 4) is 11.5 Å². The maximum Gasteiger partial charge on any atom is 0.231 e. The number of aliphatic hydroxyl groups excluding tert-OH is 1. The van der Waals surface area contributed by atoms with Crippen LogP contribution >= 0.6 is 0 Å². The third-order valence-corrected chi connectivity index (χ3v) is 4.98. The summed E-state index contributed by atoms with van der Waals surface area (Å²) in [5.41, 5.74) is 1.20. The zero-order chi connectivity index (χ0) is 15.6. The van der Waals surface area contributed by atoms with Crippen LogP contribution < -0.4 is 14.4 Å². The van der Waals surface area contributed by atoms with Crippen molar-refractivity contribution in [1.29, 1.82) is 0 Å². The van der Waals surface area contributed by atoms with Gasteiger partial charge in [-0.1, -0.05) is 0 Å². The number of fused-ring (bicyclic) bond motifs is 1. The molecule has 4 rings (SSSR count). The summed E-state index contributed by atoms with van der Waals surface area (Å²) in [5, 5.41) is 9.91. The van der Waals surface area contributed by atoms with E-state index < -0.39 is 0 Å². The number of anilines is 1. The minimum atomic E-state index is -0.357. The summed E-state index contributed by atoms with van der Waals surface area (Å²) in [4.78, 5) is 4.80. The molecule has 6 heteroatoms. The van der Waals surface area contributed by atoms with E-state index in [0.717, 1.165) is 57.1 Å². The second-order valence-electron chi connectivity index (χ2n) is 6.48. The Bertz CT molecular complexity index is 545. The van der Waals surface area contributed by atoms with E-state index in [-0.39, 0.29) is 6.10 Å². The molecule has 3 heterocycles. The van der Waals surface area contributed by atoms with Crippen molar-refractivity contribution < 1.29 is 19.3 Å². The summed E-state index contributed by atoms with van der Waals surface area (Å²) in [6.07, 6.45) is 1.87. The molecule has 2 fully saturated rings. The molecule has 1 atom stereocenters. The Labute approximate surface area is 136 Å². The number of aliphatic hydroxyl groups is 1. The van der Waals surface area contributed by atoms with Crippen LogP contribution in [0.3, 0.4) is 0 Å². The van der Waals surface area contributed by atoms with Gasteiger partial charge in [0.05, 0.1) is 19.3 Å². The first-order chi connectivity index (χ1) is 11.3. The molecule has 1 N–H and O–H groups in total. The molecular formula is C17H24N2O4. The number of ether oxygens (including phenoxy) is 3. The lowest BCUT2D eigenvalue weighted by molar-refractivity contribution is 0.0534. The molecule has 6 nitrogen and oxygen atoms in total. The fourth-order valence-corrected chi connectivity index (χ4v) is 3.72. The number of rotatable bonds is 2. The van der Waals surface area contributed by atoms with Crippen LogP contribution in [-0.2, 0) is 4.74 Å². The van der Waals surface area contributed by atoms with E-state index in [2.05, 4.69) is 21.9 Å². The molecule has 1 aromatic rings. The van der Waals surface area contributed by atoms with Crippen LogP contribution in [0.25, 0.3) is 0 Å². The summed E-state index contributed by atoms with van der Waals surface area (Å²) in [6, 6.07) is 6.71. The van der Waals surface area contributed by atoms with Crippen molar-refractivity contribution in [3.63, 3.8) is 0 Å². The molecule has 23 heavy (non-hydrogen) atoms. The summed E-state index contributed by atoms with van der Waals surface area (Å²) in [6.45, 7) is 5.21. The molecule has 2 saturated heterocycles. The molecule has 0 bridgehead atoms. The largest absolute Gasteiger partial charge is 0.454 e. The van der Waals surface area contributed by atoms with Gasteiger partial charge in [-0.05, 0) is 25.0 Å². The van der Waals surface area contributed by atoms with Gasteiger partial charge in [-0.15, -0.1) is 0 Å². The van der Waals surface area contributed by atoms with Crippen molar-refractivity contribution in [2.45, 2.75) is 25.0 Å². The smallest absolute Gasteiger partial charge is 0.231 e. The van der Waals surface area contributed by atoms with Crippen molar-refractivity contribution in [1.82, 2.24) is 4.90 Å². The zero-order valence-electron chi connectivity index (χ0n) is 13.3. The molecule has 1 aromatic carbocycles. The van der Waals surface area contributed by atoms with Crippen LogP contribution in [-0.4, -0.2) is 68.3 Å². The van der Waals surface area contributed by atoms with Crippen molar-refractivity contribution >= 4 is 5.69 Å². The second kappa shape index (κ2) is 6.55. The molecule has 0 aromatic heterocycles. The average molecular weight is 320 g/mol. The third kappa shape index (κ3) is 3.24. The molecule has 0 saturated carbocycles. The Morgan fingerprint density at radius 3 is 2.74 bits per heavy atom. The molecule has 0 amide bonds. The Kier molecular flexibility index (Phi) is 4.29. The first-order valence-electron chi connectivity index (χ1n) is 8.44. The standard InChI is InChI=1S/C17H24N2O4/c20-15-10-19(7-8-21-11-15)13-3-5-18(6-4-13)14-1-2-16-17(9-14)23-12-22-16/h1-2,9,13,15,20H,3-8,10-12H2/t15-/m1/s1. The molecular weight excluding hydrogens is 296 g/mol. The van der Waals surface area contributed by atoms with Gasteiger partial charge in [-0.2, -0.15) is 0 Å². The fourth-order valence-electron chi connectivity index (χ4n) is 3.72. The monoisotopic (exact) mass is 320 g/mol. The van der Waals surface area contributed by atoms with E-state index in [4.69, 9.17) is 14.2 Å². The van der Waals surface area contributed by atoms with Gasteiger partial charge in [0.2, 0.25) is 6.79 Å². The third-order valence-electron chi connectivity index (χ3n) is 4.98. The minimum Gasteiger partial charge on any atom is -0.454 e. The highest BCUT2D eigenvalue weighted by Crippen LogP contribution is 2.36. The molecule has 0 aliphatic carbocycles. The van der Waals surface area contributed by atoms with Crippen LogP contribution in [0.1, 0.15) is 12.8 Å². The lowest BCUT2D eigenvalue weighted by Crippen LogP contribution is -2.47. The first-order valence-corrected chi connectivity index (χ1v) is 8.44. The van der Waals surface area contributed by atoms with E-state index in [1.54, 1.807) is 0 Å². The van der Waals surface area contributed by atoms with Crippen LogP contribution in [0.4, 0.5) is 5.69 Å². The SMILES string of the molecule is O[C@H]1COCCN(C2CCN(c3ccc4c(c3)OCO4)CC2)C1. The highest BCUT2D eigenvalue weighted by atomic mass is 16.7. The fraction of sp³-hybridized carbons (Fsp3) is 0.647. The lowest BCUT2D eigenvalue weighted by atomic mass is 10.0. The van der Waals surface area contributed by atoms with Gasteiger partial charge in [-0.25, -0.2) is 0 Å². The number of hydrogen-bond acceptors (Lipinski definition) is 6. The van der Waals surface area contributed by atoms with Crippen LogP contribution in [0.15, 0.2) is 18.2 Å². The van der Waals surface area contributed by atoms with Crippen LogP contribution in [0, 0.1) is 0 Å². The van der Waals surface area contributed by atoms with Gasteiger partial charge in [0, 0.05) is 44.0 Å². The van der Waals surface area contributed by atoms with Gasteiger partial charge in [0.15, 0.2) is 11.5 Å². The van der Waals surface area contributed by atoms with Crippen LogP contribution in [0.5, 0.6) is 11.5 Å². The van der Waals surface area contributed by atoms with Crippen molar-refractivity contribution in [2.24, 2.45) is 0 Å². The molecule has 3 aliphatic rings. The maximum atomic E-state index is 9.91. The van der Waals surface area contributed by atoms with Gasteiger partial charge < -0.3 is 24.2 Å². The van der Waals surface area contributed by atoms with Gasteiger partial charge in [-0.3, -0.25) is 4.90 Å². The summed E-state index contributed by atoms with van der Waals surface area (Å²) >= 11 is 0. The maximum absolute atomic E-state index is 9.91. The number of β-amino-alcohol motifs (C(OH)–C–C–N with tert-alkyl or cyclic N) is 1. The van der Waals surface area contributed by atoms with E-state index >= 15 is 0 Å². The summed E-state index contributed by atoms with van der Waals surface area (Å²) in [7, 11) is 0. The number of piperidine rings is 1. The Morgan fingerprint density at radius 1 is 1.04 bits per heavy atom. The molecule has 3 aliphatic heterocycles. The number of nitrogens with zero attached hydrogens (tertiary/aromatic N) is 2. The van der Waals surface area contributed by atoms with Gasteiger partial charge in [0.25, 0.3) is 0 Å². The number of hydrogen-bond donors (Lipinski definition) is 1. The zero-order valence-corrected chi connectivity index (χ0v) is 13.3. The topological polar surface area (TPSA) is 54.4 Å². The predicted molar refractivity (Wildman–Crippen MR) is 86.2 cm³/mol.